The number of fused-ring (bicyclic) bond motifs is 2. The van der Waals surface area contributed by atoms with Crippen molar-refractivity contribution in [2.45, 2.75) is 33.6 Å². The molecular weight excluding hydrogens is 264 g/mol. The van der Waals surface area contributed by atoms with Crippen LogP contribution in [0.15, 0.2) is 52.0 Å². The second-order valence-electron chi connectivity index (χ2n) is 6.74. The molecule has 0 aromatic heterocycles. The van der Waals surface area contributed by atoms with Gasteiger partial charge in [0.1, 0.15) is 5.76 Å². The number of carbonyl (C=O) groups is 1. The van der Waals surface area contributed by atoms with Crippen LogP contribution in [0.25, 0.3) is 0 Å². The molecule has 1 saturated carbocycles. The molecule has 2 aliphatic rings. The molecule has 2 atom stereocenters. The molecule has 0 radical (unpaired) electrons. The topological polar surface area (TPSA) is 62.0 Å². The molecule has 0 amide bonds. The van der Waals surface area contributed by atoms with Gasteiger partial charge in [-0.1, -0.05) is 39.0 Å². The first-order chi connectivity index (χ1) is 9.88. The predicted octanol–water partition coefficient (Wildman–Crippen LogP) is 4.57. The second-order valence-corrected chi connectivity index (χ2v) is 6.74. The van der Waals surface area contributed by atoms with Crippen LogP contribution in [0.3, 0.4) is 0 Å². The van der Waals surface area contributed by atoms with E-state index < -0.39 is 5.41 Å². The number of hydrogen-bond acceptors (Lipinski definition) is 4. The first kappa shape index (κ1) is 14.0. The maximum absolute atomic E-state index is 12.6. The van der Waals surface area contributed by atoms with Crippen molar-refractivity contribution in [3.8, 4) is 0 Å². The molecule has 21 heavy (non-hydrogen) atoms. The summed E-state index contributed by atoms with van der Waals surface area (Å²) < 4.78 is 0. The molecule has 4 heteroatoms. The van der Waals surface area contributed by atoms with Crippen LogP contribution in [-0.4, -0.2) is 10.9 Å². The lowest BCUT2D eigenvalue weighted by atomic mass is 9.60. The summed E-state index contributed by atoms with van der Waals surface area (Å²) in [7, 11) is 0. The number of carbonyl (C=O) groups excluding carboxylic acids is 1. The average Bonchev–Trinajstić information content (AvgIpc) is 2.65. The zero-order valence-electron chi connectivity index (χ0n) is 12.6. The Bertz CT molecular complexity index is 646. The minimum Gasteiger partial charge on any atom is -0.509 e. The standard InChI is InChI=1S/C17H20N2O2/c1-16(2)12-9-10-17(16,3)15(21)13(14(12)20)19-18-11-7-5-4-6-8-11/h4-8,12,21H,9-10H2,1-3H3/t12-,17+/m1/s1. The van der Waals surface area contributed by atoms with Crippen molar-refractivity contribution in [3.63, 3.8) is 0 Å². The van der Waals surface area contributed by atoms with Crippen molar-refractivity contribution >= 4 is 11.5 Å². The van der Waals surface area contributed by atoms with Crippen LogP contribution in [0.1, 0.15) is 33.6 Å². The molecule has 0 aliphatic heterocycles. The molecule has 1 fully saturated rings. The minimum absolute atomic E-state index is 0.0767. The van der Waals surface area contributed by atoms with E-state index in [1.54, 1.807) is 0 Å². The van der Waals surface area contributed by atoms with E-state index in [-0.39, 0.29) is 28.6 Å². The quantitative estimate of drug-likeness (QED) is 0.809. The van der Waals surface area contributed by atoms with E-state index in [2.05, 4.69) is 24.1 Å². The van der Waals surface area contributed by atoms with Gasteiger partial charge >= 0.3 is 0 Å². The Morgan fingerprint density at radius 3 is 2.48 bits per heavy atom. The summed E-state index contributed by atoms with van der Waals surface area (Å²) in [6, 6.07) is 9.24. The van der Waals surface area contributed by atoms with Crippen molar-refractivity contribution in [3.05, 3.63) is 41.8 Å². The Balaban J connectivity index is 2.03. The average molecular weight is 284 g/mol. The van der Waals surface area contributed by atoms with E-state index >= 15 is 0 Å². The third-order valence-electron chi connectivity index (χ3n) is 5.54. The summed E-state index contributed by atoms with van der Waals surface area (Å²) in [5, 5.41) is 18.8. The Hall–Kier alpha value is -1.97. The van der Waals surface area contributed by atoms with Gasteiger partial charge in [0.05, 0.1) is 5.69 Å². The van der Waals surface area contributed by atoms with Crippen LogP contribution in [0.5, 0.6) is 0 Å². The zero-order chi connectivity index (χ0) is 15.3. The molecule has 0 unspecified atom stereocenters. The number of azo groups is 1. The molecule has 0 saturated heterocycles. The van der Waals surface area contributed by atoms with Crippen molar-refractivity contribution in [2.24, 2.45) is 27.0 Å². The minimum atomic E-state index is -0.392. The first-order valence-corrected chi connectivity index (χ1v) is 7.32. The van der Waals surface area contributed by atoms with Crippen molar-refractivity contribution in [2.75, 3.05) is 0 Å². The number of aliphatic hydroxyl groups is 1. The fourth-order valence-electron chi connectivity index (χ4n) is 3.63. The van der Waals surface area contributed by atoms with Gasteiger partial charge in [-0.2, -0.15) is 5.11 Å². The maximum Gasteiger partial charge on any atom is 0.190 e. The van der Waals surface area contributed by atoms with Gasteiger partial charge in [-0.05, 0) is 30.4 Å². The normalized spacial score (nSPS) is 31.2. The second kappa shape index (κ2) is 4.52. The number of rotatable bonds is 2. The molecule has 1 aromatic carbocycles. The SMILES string of the molecule is CC1(C)[C@@H]2CC[C@@]1(C)C(O)=C(N=Nc1ccccc1)C2=O. The largest absolute Gasteiger partial charge is 0.509 e. The van der Waals surface area contributed by atoms with Crippen LogP contribution in [0.4, 0.5) is 5.69 Å². The van der Waals surface area contributed by atoms with Gasteiger partial charge in [-0.25, -0.2) is 0 Å². The fraction of sp³-hybridized carbons (Fsp3) is 0.471. The van der Waals surface area contributed by atoms with Gasteiger partial charge in [0.15, 0.2) is 11.5 Å². The molecule has 1 N–H and O–H groups in total. The van der Waals surface area contributed by atoms with Crippen LogP contribution >= 0.6 is 0 Å². The number of nitrogens with zero attached hydrogens (tertiary/aromatic N) is 2. The highest BCUT2D eigenvalue weighted by Crippen LogP contribution is 2.63. The highest BCUT2D eigenvalue weighted by atomic mass is 16.3. The maximum atomic E-state index is 12.6. The number of allylic oxidation sites excluding steroid dienone is 2. The van der Waals surface area contributed by atoms with Gasteiger partial charge in [0.25, 0.3) is 0 Å². The first-order valence-electron chi connectivity index (χ1n) is 7.32. The lowest BCUT2D eigenvalue weighted by molar-refractivity contribution is -0.125. The summed E-state index contributed by atoms with van der Waals surface area (Å²) in [4.78, 5) is 12.6. The van der Waals surface area contributed by atoms with Crippen LogP contribution in [0.2, 0.25) is 0 Å². The number of Topliss-reactive ketones (excluding diaryl/α,β-unsaturated/α-hetero) is 1. The molecule has 4 nitrogen and oxygen atoms in total. The lowest BCUT2D eigenvalue weighted by Crippen LogP contribution is -2.43. The summed E-state index contributed by atoms with van der Waals surface area (Å²) in [5.74, 6) is -0.0544. The fourth-order valence-corrected chi connectivity index (χ4v) is 3.63. The van der Waals surface area contributed by atoms with Crippen molar-refractivity contribution in [1.29, 1.82) is 0 Å². The van der Waals surface area contributed by atoms with Gasteiger partial charge in [0.2, 0.25) is 0 Å². The van der Waals surface area contributed by atoms with E-state index in [9.17, 15) is 9.90 Å². The molecule has 3 rings (SSSR count). The molecular formula is C17H20N2O2. The molecule has 0 spiro atoms. The van der Waals surface area contributed by atoms with Crippen molar-refractivity contribution < 1.29 is 9.90 Å². The number of hydrogen-bond donors (Lipinski definition) is 1. The number of benzene rings is 1. The van der Waals surface area contributed by atoms with E-state index in [4.69, 9.17) is 0 Å². The van der Waals surface area contributed by atoms with E-state index in [0.717, 1.165) is 12.8 Å². The molecule has 110 valence electrons. The number of aliphatic hydroxyl groups excluding tert-OH is 1. The third kappa shape index (κ3) is 1.85. The molecule has 1 aromatic rings. The Morgan fingerprint density at radius 2 is 1.81 bits per heavy atom. The summed E-state index contributed by atoms with van der Waals surface area (Å²) in [6.07, 6.45) is 1.61. The molecule has 2 bridgehead atoms. The summed E-state index contributed by atoms with van der Waals surface area (Å²) in [5.41, 5.74) is 0.187. The van der Waals surface area contributed by atoms with Crippen LogP contribution in [0, 0.1) is 16.7 Å². The van der Waals surface area contributed by atoms with E-state index in [1.165, 1.54) is 0 Å². The van der Waals surface area contributed by atoms with Gasteiger partial charge in [-0.15, -0.1) is 5.11 Å². The highest BCUT2D eigenvalue weighted by molar-refractivity contribution is 5.99. The zero-order valence-corrected chi connectivity index (χ0v) is 12.6. The van der Waals surface area contributed by atoms with E-state index in [1.807, 2.05) is 37.3 Å². The number of ketones is 1. The smallest absolute Gasteiger partial charge is 0.190 e. The summed E-state index contributed by atoms with van der Waals surface area (Å²) >= 11 is 0. The lowest BCUT2D eigenvalue weighted by Gasteiger charge is -2.44. The molecule has 2 aliphatic carbocycles. The van der Waals surface area contributed by atoms with Gasteiger partial charge < -0.3 is 5.11 Å². The van der Waals surface area contributed by atoms with Crippen LogP contribution in [-0.2, 0) is 4.79 Å². The Morgan fingerprint density at radius 1 is 1.14 bits per heavy atom. The van der Waals surface area contributed by atoms with Gasteiger partial charge in [-0.3, -0.25) is 4.79 Å². The predicted molar refractivity (Wildman–Crippen MR) is 80.2 cm³/mol. The van der Waals surface area contributed by atoms with E-state index in [0.29, 0.717) is 5.69 Å². The van der Waals surface area contributed by atoms with Crippen LogP contribution < -0.4 is 0 Å². The Kier molecular flexibility index (Phi) is 3.01. The monoisotopic (exact) mass is 284 g/mol. The van der Waals surface area contributed by atoms with Gasteiger partial charge in [0, 0.05) is 11.3 Å². The van der Waals surface area contributed by atoms with Crippen molar-refractivity contribution in [1.82, 2.24) is 0 Å². The summed E-state index contributed by atoms with van der Waals surface area (Å²) in [6.45, 7) is 6.14. The third-order valence-corrected chi connectivity index (χ3v) is 5.54. The highest BCUT2D eigenvalue weighted by Gasteiger charge is 2.61. The molecule has 0 heterocycles. The Labute approximate surface area is 124 Å².